The molecule has 2 aromatic rings. The molecule has 1 aliphatic rings. The lowest BCUT2D eigenvalue weighted by Gasteiger charge is -2.31. The fraction of sp³-hybridized carbons (Fsp3) is 0.400. The van der Waals surface area contributed by atoms with Crippen molar-refractivity contribution >= 4 is 28.2 Å². The number of anilines is 1. The van der Waals surface area contributed by atoms with Crippen molar-refractivity contribution in [2.45, 2.75) is 13.3 Å². The van der Waals surface area contributed by atoms with Crippen molar-refractivity contribution in [1.82, 2.24) is 10.3 Å². The third kappa shape index (κ3) is 3.45. The van der Waals surface area contributed by atoms with Gasteiger partial charge in [0.1, 0.15) is 5.75 Å². The van der Waals surface area contributed by atoms with Gasteiger partial charge in [0.15, 0.2) is 0 Å². The number of ether oxygens (including phenoxy) is 1. The Bertz CT molecular complexity index is 730. The topological polar surface area (TPSA) is 37.4 Å². The summed E-state index contributed by atoms with van der Waals surface area (Å²) in [4.78, 5) is 6.42. The van der Waals surface area contributed by atoms with Gasteiger partial charge in [0.2, 0.25) is 0 Å². The lowest BCUT2D eigenvalue weighted by atomic mass is 10.1. The van der Waals surface area contributed by atoms with Crippen molar-refractivity contribution < 1.29 is 17.9 Å². The molecule has 2 heterocycles. The quantitative estimate of drug-likeness (QED) is 0.904. The van der Waals surface area contributed by atoms with Crippen molar-refractivity contribution in [3.63, 3.8) is 0 Å². The highest BCUT2D eigenvalue weighted by molar-refractivity contribution is 6.35. The van der Waals surface area contributed by atoms with Gasteiger partial charge in [-0.15, -0.1) is 13.2 Å². The molecule has 0 unspecified atom stereocenters. The molecule has 124 valence electrons. The summed E-state index contributed by atoms with van der Waals surface area (Å²) >= 11 is 6.40. The SMILES string of the molecule is Cc1nc2ccc(OC(F)(F)F)cc2c(N2CCNCC2)c1Cl. The number of aryl methyl sites for hydroxylation is 1. The second-order valence-corrected chi connectivity index (χ2v) is 5.70. The molecule has 1 aromatic carbocycles. The zero-order valence-corrected chi connectivity index (χ0v) is 13.1. The molecule has 3 rings (SSSR count). The molecule has 0 amide bonds. The van der Waals surface area contributed by atoms with E-state index in [1.165, 1.54) is 18.2 Å². The van der Waals surface area contributed by atoms with Gasteiger partial charge < -0.3 is 15.0 Å². The lowest BCUT2D eigenvalue weighted by Crippen LogP contribution is -2.43. The molecule has 8 heteroatoms. The second kappa shape index (κ2) is 6.05. The molecule has 1 aromatic heterocycles. The van der Waals surface area contributed by atoms with Crippen LogP contribution in [0.3, 0.4) is 0 Å². The van der Waals surface area contributed by atoms with Crippen molar-refractivity contribution in [1.29, 1.82) is 0 Å². The number of nitrogens with zero attached hydrogens (tertiary/aromatic N) is 2. The van der Waals surface area contributed by atoms with Crippen molar-refractivity contribution in [2.24, 2.45) is 0 Å². The molecular weight excluding hydrogens is 331 g/mol. The van der Waals surface area contributed by atoms with Crippen LogP contribution in [0.15, 0.2) is 18.2 Å². The minimum atomic E-state index is -4.73. The summed E-state index contributed by atoms with van der Waals surface area (Å²) in [7, 11) is 0. The Balaban J connectivity index is 2.13. The van der Waals surface area contributed by atoms with Gasteiger partial charge in [0, 0.05) is 31.6 Å². The Morgan fingerprint density at radius 1 is 1.26 bits per heavy atom. The number of hydrogen-bond donors (Lipinski definition) is 1. The van der Waals surface area contributed by atoms with Gasteiger partial charge in [0.05, 0.1) is 21.9 Å². The van der Waals surface area contributed by atoms with Crippen LogP contribution in [0, 0.1) is 6.92 Å². The van der Waals surface area contributed by atoms with E-state index in [1.54, 1.807) is 6.92 Å². The molecular formula is C15H15ClF3N3O. The van der Waals surface area contributed by atoms with Crippen LogP contribution in [0.5, 0.6) is 5.75 Å². The third-order valence-corrected chi connectivity index (χ3v) is 4.16. The molecule has 1 N–H and O–H groups in total. The van der Waals surface area contributed by atoms with Gasteiger partial charge in [-0.05, 0) is 25.1 Å². The molecule has 0 saturated carbocycles. The number of benzene rings is 1. The Morgan fingerprint density at radius 2 is 1.96 bits per heavy atom. The maximum atomic E-state index is 12.5. The summed E-state index contributed by atoms with van der Waals surface area (Å²) in [5, 5.41) is 4.26. The van der Waals surface area contributed by atoms with Crippen LogP contribution < -0.4 is 15.0 Å². The highest BCUT2D eigenvalue weighted by Gasteiger charge is 2.31. The van der Waals surface area contributed by atoms with Crippen molar-refractivity contribution in [3.8, 4) is 5.75 Å². The first-order valence-corrected chi connectivity index (χ1v) is 7.54. The number of piperazine rings is 1. The molecule has 0 bridgehead atoms. The first-order valence-electron chi connectivity index (χ1n) is 7.16. The van der Waals surface area contributed by atoms with Gasteiger partial charge >= 0.3 is 6.36 Å². The number of nitrogens with one attached hydrogen (secondary N) is 1. The summed E-state index contributed by atoms with van der Waals surface area (Å²) in [5.41, 5.74) is 1.95. The standard InChI is InChI=1S/C15H15ClF3N3O/c1-9-13(16)14(22-6-4-20-5-7-22)11-8-10(23-15(17,18)19)2-3-12(11)21-9/h2-3,8,20H,4-7H2,1H3. The maximum absolute atomic E-state index is 12.5. The molecule has 4 nitrogen and oxygen atoms in total. The maximum Gasteiger partial charge on any atom is 0.573 e. The Hall–Kier alpha value is -1.73. The molecule has 1 fully saturated rings. The van der Waals surface area contributed by atoms with E-state index in [0.29, 0.717) is 27.3 Å². The Morgan fingerprint density at radius 3 is 2.61 bits per heavy atom. The zero-order valence-electron chi connectivity index (χ0n) is 12.4. The number of aromatic nitrogens is 1. The molecule has 1 aliphatic heterocycles. The van der Waals surface area contributed by atoms with E-state index in [0.717, 1.165) is 26.2 Å². The van der Waals surface area contributed by atoms with Gasteiger partial charge in [-0.2, -0.15) is 0 Å². The van der Waals surface area contributed by atoms with Crippen LogP contribution in [-0.4, -0.2) is 37.5 Å². The van der Waals surface area contributed by atoms with Crippen molar-refractivity contribution in [3.05, 3.63) is 28.9 Å². The van der Waals surface area contributed by atoms with Crippen LogP contribution in [0.4, 0.5) is 18.9 Å². The molecule has 0 aliphatic carbocycles. The zero-order chi connectivity index (χ0) is 16.6. The van der Waals surface area contributed by atoms with E-state index < -0.39 is 6.36 Å². The number of hydrogen-bond acceptors (Lipinski definition) is 4. The molecule has 23 heavy (non-hydrogen) atoms. The largest absolute Gasteiger partial charge is 0.573 e. The van der Waals surface area contributed by atoms with Gasteiger partial charge in [0.25, 0.3) is 0 Å². The minimum Gasteiger partial charge on any atom is -0.406 e. The molecule has 1 saturated heterocycles. The summed E-state index contributed by atoms with van der Waals surface area (Å²) < 4.78 is 41.4. The van der Waals surface area contributed by atoms with Crippen LogP contribution in [0.2, 0.25) is 5.02 Å². The Kier molecular flexibility index (Phi) is 4.25. The molecule has 0 atom stereocenters. The minimum absolute atomic E-state index is 0.275. The summed E-state index contributed by atoms with van der Waals surface area (Å²) in [6.07, 6.45) is -4.73. The van der Waals surface area contributed by atoms with E-state index >= 15 is 0 Å². The predicted molar refractivity (Wildman–Crippen MR) is 83.3 cm³/mol. The van der Waals surface area contributed by atoms with E-state index in [2.05, 4.69) is 19.9 Å². The highest BCUT2D eigenvalue weighted by atomic mass is 35.5. The molecule has 0 spiro atoms. The van der Waals surface area contributed by atoms with Crippen molar-refractivity contribution in [2.75, 3.05) is 31.1 Å². The summed E-state index contributed by atoms with van der Waals surface area (Å²) in [5.74, 6) is -0.275. The number of alkyl halides is 3. The fourth-order valence-corrected chi connectivity index (χ4v) is 2.98. The van der Waals surface area contributed by atoms with Gasteiger partial charge in [-0.1, -0.05) is 11.6 Å². The first kappa shape index (κ1) is 16.1. The lowest BCUT2D eigenvalue weighted by molar-refractivity contribution is -0.274. The smallest absolute Gasteiger partial charge is 0.406 e. The van der Waals surface area contributed by atoms with Crippen LogP contribution >= 0.6 is 11.6 Å². The number of halogens is 4. The average Bonchev–Trinajstić information content (AvgIpc) is 2.48. The second-order valence-electron chi connectivity index (χ2n) is 5.32. The first-order chi connectivity index (χ1) is 10.8. The highest BCUT2D eigenvalue weighted by Crippen LogP contribution is 2.38. The number of rotatable bonds is 2. The number of fused-ring (bicyclic) bond motifs is 1. The van der Waals surface area contributed by atoms with Crippen LogP contribution in [-0.2, 0) is 0 Å². The van der Waals surface area contributed by atoms with E-state index in [1.807, 2.05) is 0 Å². The number of pyridine rings is 1. The third-order valence-electron chi connectivity index (χ3n) is 3.70. The normalized spacial score (nSPS) is 16.0. The average molecular weight is 346 g/mol. The van der Waals surface area contributed by atoms with Gasteiger partial charge in [-0.3, -0.25) is 4.98 Å². The molecule has 0 radical (unpaired) electrons. The van der Waals surface area contributed by atoms with E-state index in [4.69, 9.17) is 11.6 Å². The van der Waals surface area contributed by atoms with Crippen LogP contribution in [0.1, 0.15) is 5.69 Å². The van der Waals surface area contributed by atoms with Crippen LogP contribution in [0.25, 0.3) is 10.9 Å². The summed E-state index contributed by atoms with van der Waals surface area (Å²) in [6, 6.07) is 4.13. The van der Waals surface area contributed by atoms with Gasteiger partial charge in [-0.25, -0.2) is 0 Å². The Labute approximate surface area is 136 Å². The fourth-order valence-electron chi connectivity index (χ4n) is 2.72. The monoisotopic (exact) mass is 345 g/mol. The van der Waals surface area contributed by atoms with E-state index in [-0.39, 0.29) is 5.75 Å². The summed E-state index contributed by atoms with van der Waals surface area (Å²) in [6.45, 7) is 4.81. The predicted octanol–water partition coefficient (Wildman–Crippen LogP) is 3.50. The van der Waals surface area contributed by atoms with E-state index in [9.17, 15) is 13.2 Å².